The molecule has 3 aromatic heterocycles. The number of fused-ring (bicyclic) bond motifs is 2. The Morgan fingerprint density at radius 1 is 0.704 bits per heavy atom. The predicted octanol–water partition coefficient (Wildman–Crippen LogP) is 7.77. The Hall–Kier alpha value is -7.36. The molecule has 0 saturated carbocycles. The number of hydrogen-bond donors (Lipinski definition) is 1. The molecule has 7 aromatic rings. The second kappa shape index (κ2) is 15.1. The summed E-state index contributed by atoms with van der Waals surface area (Å²) in [6.45, 7) is 3.39. The maximum Gasteiger partial charge on any atom is 0.340 e. The van der Waals surface area contributed by atoms with Crippen LogP contribution in [0.5, 0.6) is 17.5 Å². The maximum atomic E-state index is 14.4. The normalized spacial score (nSPS) is 10.9. The van der Waals surface area contributed by atoms with E-state index in [1.54, 1.807) is 38.1 Å². The van der Waals surface area contributed by atoms with E-state index in [2.05, 4.69) is 9.97 Å². The van der Waals surface area contributed by atoms with E-state index in [4.69, 9.17) is 13.6 Å². The van der Waals surface area contributed by atoms with Crippen LogP contribution in [0, 0.1) is 45.7 Å². The zero-order chi connectivity index (χ0) is 38.7. The van der Waals surface area contributed by atoms with E-state index in [0.717, 1.165) is 12.1 Å². The van der Waals surface area contributed by atoms with Crippen LogP contribution >= 0.6 is 0 Å². The van der Waals surface area contributed by atoms with Crippen molar-refractivity contribution in [3.63, 3.8) is 0 Å². The second-order valence-electron chi connectivity index (χ2n) is 11.8. The Morgan fingerprint density at radius 2 is 1.19 bits per heavy atom. The quantitative estimate of drug-likeness (QED) is 0.0903. The molecule has 0 aliphatic carbocycles. The average Bonchev–Trinajstić information content (AvgIpc) is 3.13. The fourth-order valence-corrected chi connectivity index (χ4v) is 5.74. The van der Waals surface area contributed by atoms with Gasteiger partial charge in [0.25, 0.3) is 0 Å². The summed E-state index contributed by atoms with van der Waals surface area (Å²) in [6, 6.07) is 18.8. The number of nitro groups is 2. The molecule has 0 aliphatic heterocycles. The van der Waals surface area contributed by atoms with Crippen LogP contribution in [0.15, 0.2) is 110 Å². The van der Waals surface area contributed by atoms with E-state index < -0.39 is 44.1 Å². The molecule has 0 radical (unpaired) electrons. The fourth-order valence-electron chi connectivity index (χ4n) is 5.74. The van der Waals surface area contributed by atoms with Gasteiger partial charge in [0.05, 0.1) is 9.85 Å². The lowest BCUT2D eigenvalue weighted by Crippen LogP contribution is -2.12. The molecule has 0 saturated heterocycles. The highest BCUT2D eigenvalue weighted by molar-refractivity contribution is 5.83. The van der Waals surface area contributed by atoms with E-state index in [1.165, 1.54) is 54.9 Å². The average molecular weight is 737 g/mol. The molecular formula is C38H26F2N4O10. The standard InChI is InChI=1S/C21H14FN3O5.C17H12FNO5/c1-12-15-7-6-14(29-21-23-8-3-9-24-21)11-18(15)30-20(26)16(12)10-13-4-2-5-17(19(13)22)25(27)28;1-9-12-6-5-11(20)8-15(12)24-17(21)13(9)7-10-3-2-4-14(16(10)18)19(22)23/h2-9,11H,10H2,1H3;2-6,8,20H,7H2,1H3. The summed E-state index contributed by atoms with van der Waals surface area (Å²) in [7, 11) is 0. The van der Waals surface area contributed by atoms with Gasteiger partial charge < -0.3 is 18.7 Å². The van der Waals surface area contributed by atoms with Gasteiger partial charge in [-0.05, 0) is 66.4 Å². The number of benzene rings is 4. The molecule has 0 amide bonds. The van der Waals surface area contributed by atoms with Gasteiger partial charge in [-0.3, -0.25) is 20.2 Å². The van der Waals surface area contributed by atoms with Crippen LogP contribution in [0.3, 0.4) is 0 Å². The number of rotatable bonds is 8. The van der Waals surface area contributed by atoms with Crippen molar-refractivity contribution in [1.82, 2.24) is 9.97 Å². The fraction of sp³-hybridized carbons (Fsp3) is 0.105. The summed E-state index contributed by atoms with van der Waals surface area (Å²) < 4.78 is 44.8. The highest BCUT2D eigenvalue weighted by atomic mass is 19.1. The number of hydrogen-bond acceptors (Lipinski definition) is 12. The molecule has 14 nitrogen and oxygen atoms in total. The maximum absolute atomic E-state index is 14.4. The van der Waals surface area contributed by atoms with Gasteiger partial charge in [0.15, 0.2) is 0 Å². The lowest BCUT2D eigenvalue weighted by Gasteiger charge is -2.10. The van der Waals surface area contributed by atoms with E-state index in [1.807, 2.05) is 0 Å². The zero-order valence-electron chi connectivity index (χ0n) is 28.2. The molecule has 4 aromatic carbocycles. The monoisotopic (exact) mass is 736 g/mol. The highest BCUT2D eigenvalue weighted by Gasteiger charge is 2.22. The number of aryl methyl sites for hydroxylation is 2. The molecule has 54 heavy (non-hydrogen) atoms. The number of nitro benzene ring substituents is 2. The zero-order valence-corrected chi connectivity index (χ0v) is 28.2. The Morgan fingerprint density at radius 3 is 1.69 bits per heavy atom. The minimum absolute atomic E-state index is 0.0393. The molecule has 0 atom stereocenters. The van der Waals surface area contributed by atoms with Crippen molar-refractivity contribution >= 4 is 33.3 Å². The van der Waals surface area contributed by atoms with Gasteiger partial charge in [-0.15, -0.1) is 0 Å². The van der Waals surface area contributed by atoms with Crippen molar-refractivity contribution in [2.24, 2.45) is 0 Å². The number of aromatic hydroxyl groups is 1. The third-order valence-electron chi connectivity index (χ3n) is 8.53. The van der Waals surface area contributed by atoms with Crippen LogP contribution in [-0.2, 0) is 12.8 Å². The Labute approximate surface area is 301 Å². The summed E-state index contributed by atoms with van der Waals surface area (Å²) >= 11 is 0. The molecule has 0 fully saturated rings. The van der Waals surface area contributed by atoms with Crippen LogP contribution < -0.4 is 16.0 Å². The van der Waals surface area contributed by atoms with Crippen molar-refractivity contribution in [3.05, 3.63) is 177 Å². The first-order valence-corrected chi connectivity index (χ1v) is 15.9. The summed E-state index contributed by atoms with van der Waals surface area (Å²) in [4.78, 5) is 52.9. The lowest BCUT2D eigenvalue weighted by molar-refractivity contribution is -0.387. The molecule has 0 aliphatic rings. The molecular weight excluding hydrogens is 710 g/mol. The number of ether oxygens (including phenoxy) is 1. The van der Waals surface area contributed by atoms with Crippen molar-refractivity contribution in [2.75, 3.05) is 0 Å². The highest BCUT2D eigenvalue weighted by Crippen LogP contribution is 2.30. The van der Waals surface area contributed by atoms with Crippen molar-refractivity contribution < 1.29 is 37.3 Å². The Bertz CT molecular complexity index is 2720. The van der Waals surface area contributed by atoms with Crippen molar-refractivity contribution in [3.8, 4) is 17.5 Å². The van der Waals surface area contributed by atoms with Gasteiger partial charge in [-0.25, -0.2) is 19.6 Å². The minimum atomic E-state index is -0.966. The smallest absolute Gasteiger partial charge is 0.340 e. The van der Waals surface area contributed by atoms with Crippen LogP contribution in [0.4, 0.5) is 20.2 Å². The number of phenols is 1. The van der Waals surface area contributed by atoms with Crippen LogP contribution in [0.2, 0.25) is 0 Å². The van der Waals surface area contributed by atoms with Gasteiger partial charge >= 0.3 is 28.6 Å². The summed E-state index contributed by atoms with van der Waals surface area (Å²) in [6.07, 6.45) is 2.81. The molecule has 272 valence electrons. The van der Waals surface area contributed by atoms with Gasteiger partial charge in [0.2, 0.25) is 11.6 Å². The van der Waals surface area contributed by atoms with Gasteiger partial charge in [0, 0.05) is 71.4 Å². The van der Waals surface area contributed by atoms with Crippen LogP contribution in [-0.4, -0.2) is 24.9 Å². The minimum Gasteiger partial charge on any atom is -0.508 e. The van der Waals surface area contributed by atoms with E-state index in [-0.39, 0.29) is 58.0 Å². The third kappa shape index (κ3) is 7.48. The summed E-state index contributed by atoms with van der Waals surface area (Å²) in [5, 5.41) is 32.5. The first-order valence-electron chi connectivity index (χ1n) is 15.9. The molecule has 1 N–H and O–H groups in total. The van der Waals surface area contributed by atoms with E-state index in [9.17, 15) is 43.7 Å². The van der Waals surface area contributed by atoms with Gasteiger partial charge in [-0.2, -0.15) is 8.78 Å². The van der Waals surface area contributed by atoms with Gasteiger partial charge in [0.1, 0.15) is 22.7 Å². The number of aromatic nitrogens is 2. The summed E-state index contributed by atoms with van der Waals surface area (Å²) in [5.41, 5.74) is -0.403. The van der Waals surface area contributed by atoms with Crippen molar-refractivity contribution in [2.45, 2.75) is 26.7 Å². The van der Waals surface area contributed by atoms with E-state index in [0.29, 0.717) is 27.6 Å². The molecule has 0 bridgehead atoms. The molecule has 16 heteroatoms. The molecule has 0 spiro atoms. The second-order valence-corrected chi connectivity index (χ2v) is 11.8. The molecule has 7 rings (SSSR count). The topological polar surface area (TPSA) is 202 Å². The number of nitrogens with zero attached hydrogens (tertiary/aromatic N) is 4. The van der Waals surface area contributed by atoms with Crippen molar-refractivity contribution in [1.29, 1.82) is 0 Å². The van der Waals surface area contributed by atoms with Gasteiger partial charge in [-0.1, -0.05) is 24.3 Å². The van der Waals surface area contributed by atoms with E-state index >= 15 is 0 Å². The first kappa shape index (κ1) is 36.4. The Kier molecular flexibility index (Phi) is 10.2. The SMILES string of the molecule is Cc1c(Cc2cccc([N+](=O)[O-])c2F)c(=O)oc2cc(O)ccc12.Cc1c(Cc2cccc([N+](=O)[O-])c2F)c(=O)oc2cc(Oc3ncccn3)ccc12. The Balaban J connectivity index is 0.000000189. The lowest BCUT2D eigenvalue weighted by atomic mass is 9.99. The number of phenolic OH excluding ortho intramolecular Hbond substituents is 1. The number of halogens is 2. The first-order chi connectivity index (χ1) is 25.8. The van der Waals surface area contributed by atoms with Crippen LogP contribution in [0.25, 0.3) is 21.9 Å². The summed E-state index contributed by atoms with van der Waals surface area (Å²) in [5.74, 6) is -1.59. The van der Waals surface area contributed by atoms with Crippen LogP contribution in [0.1, 0.15) is 33.4 Å². The third-order valence-corrected chi connectivity index (χ3v) is 8.53. The molecule has 3 heterocycles. The predicted molar refractivity (Wildman–Crippen MR) is 190 cm³/mol. The largest absolute Gasteiger partial charge is 0.508 e. The molecule has 0 unspecified atom stereocenters.